The number of rotatable bonds is 3. The fraction of sp³-hybridized carbons (Fsp3) is 0.889. The second-order valence-corrected chi connectivity index (χ2v) is 4.63. The molecule has 1 heterocycles. The standard InChI is InChI=1S/C9H16FNO.V/c1-3-11-6-4-9(10,5-7-11)8-12-2;/h4-8H2,1-2H3;. The van der Waals surface area contributed by atoms with Crippen molar-refractivity contribution in [1.82, 2.24) is 4.90 Å². The average molecular weight is 224 g/mol. The Labute approximate surface area is 87.9 Å². The Kier molecular flexibility index (Phi) is 4.11. The molecule has 0 aliphatic carbocycles. The summed E-state index contributed by atoms with van der Waals surface area (Å²) in [6, 6.07) is 0. The summed E-state index contributed by atoms with van der Waals surface area (Å²) in [6.07, 6.45) is 1.16. The third-order valence-corrected chi connectivity index (χ3v) is 2.96. The summed E-state index contributed by atoms with van der Waals surface area (Å²) in [5.74, 6) is 0. The molecule has 2 nitrogen and oxygen atoms in total. The van der Waals surface area contributed by atoms with Gasteiger partial charge in [-0.2, -0.15) is 0 Å². The fourth-order valence-corrected chi connectivity index (χ4v) is 1.95. The minimum absolute atomic E-state index is 0.235. The number of alkyl halides is 1. The normalized spacial score (nSPS) is 22.9. The van der Waals surface area contributed by atoms with E-state index in [1.807, 2.05) is 6.92 Å². The number of halogens is 1. The van der Waals surface area contributed by atoms with E-state index in [0.29, 0.717) is 12.8 Å². The molecule has 1 fully saturated rings. The molecular formula is C9H16FNOV. The van der Waals surface area contributed by atoms with Crippen LogP contribution in [0.3, 0.4) is 0 Å². The van der Waals surface area contributed by atoms with Crippen molar-refractivity contribution < 1.29 is 26.1 Å². The van der Waals surface area contributed by atoms with Gasteiger partial charge in [-0.15, -0.1) is 0 Å². The molecule has 0 amide bonds. The molecule has 0 N–H and O–H groups in total. The van der Waals surface area contributed by atoms with Crippen LogP contribution in [0, 0.1) is 0 Å². The number of hydrogen-bond donors (Lipinski definition) is 0. The number of likely N-dealkylation sites (tertiary alicyclic amines) is 1. The van der Waals surface area contributed by atoms with Gasteiger partial charge in [-0.05, 0) is 0 Å². The van der Waals surface area contributed by atoms with Crippen LogP contribution in [0.25, 0.3) is 0 Å². The zero-order valence-electron chi connectivity index (χ0n) is 8.22. The van der Waals surface area contributed by atoms with E-state index < -0.39 is 5.67 Å². The molecule has 0 spiro atoms. The van der Waals surface area contributed by atoms with Gasteiger partial charge in [0.25, 0.3) is 0 Å². The molecule has 0 radical (unpaired) electrons. The Morgan fingerprint density at radius 2 is 2.08 bits per heavy atom. The van der Waals surface area contributed by atoms with Gasteiger partial charge in [0.2, 0.25) is 0 Å². The summed E-state index contributed by atoms with van der Waals surface area (Å²) in [4.78, 5) is 2.20. The van der Waals surface area contributed by atoms with Crippen LogP contribution >= 0.6 is 0 Å². The second kappa shape index (κ2) is 4.69. The second-order valence-electron chi connectivity index (χ2n) is 3.62. The van der Waals surface area contributed by atoms with Crippen LogP contribution in [0.1, 0.15) is 19.8 Å². The van der Waals surface area contributed by atoms with Gasteiger partial charge < -0.3 is 0 Å². The monoisotopic (exact) mass is 224 g/mol. The number of methoxy groups -OCH3 is 1. The SMILES string of the molecule is COCC1(F)CCN([C](C)=[V])CC1. The summed E-state index contributed by atoms with van der Waals surface area (Å²) in [7, 11) is 1.56. The van der Waals surface area contributed by atoms with Crippen molar-refractivity contribution >= 4 is 4.35 Å². The van der Waals surface area contributed by atoms with Crippen molar-refractivity contribution in [1.29, 1.82) is 0 Å². The molecule has 0 aromatic heterocycles. The molecule has 0 saturated carbocycles. The molecule has 0 aromatic rings. The number of piperidine rings is 1. The molecule has 0 atom stereocenters. The van der Waals surface area contributed by atoms with Crippen molar-refractivity contribution in [3.63, 3.8) is 0 Å². The number of ether oxygens (including phenoxy) is 1. The van der Waals surface area contributed by atoms with Gasteiger partial charge in [0.15, 0.2) is 0 Å². The first-order valence-electron chi connectivity index (χ1n) is 4.53. The van der Waals surface area contributed by atoms with E-state index in [1.54, 1.807) is 7.11 Å². The van der Waals surface area contributed by atoms with Crippen LogP contribution in [-0.2, 0) is 21.7 Å². The summed E-state index contributed by atoms with van der Waals surface area (Å²) in [5, 5.41) is 0. The van der Waals surface area contributed by atoms with E-state index in [4.69, 9.17) is 4.74 Å². The zero-order chi connectivity index (χ0) is 9.90. The molecule has 1 rings (SSSR count). The van der Waals surface area contributed by atoms with Crippen LogP contribution in [0.4, 0.5) is 4.39 Å². The number of hydrogen-bond acceptors (Lipinski definition) is 2. The first kappa shape index (κ1) is 11.4. The van der Waals surface area contributed by atoms with Crippen molar-refractivity contribution in [2.24, 2.45) is 0 Å². The van der Waals surface area contributed by atoms with Crippen LogP contribution in [0.5, 0.6) is 0 Å². The first-order valence-corrected chi connectivity index (χ1v) is 5.22. The molecular weight excluding hydrogens is 208 g/mol. The average Bonchev–Trinajstić information content (AvgIpc) is 2.05. The maximum atomic E-state index is 13.8. The Hall–Kier alpha value is 0.304. The number of nitrogens with zero attached hydrogens (tertiary/aromatic N) is 1. The zero-order valence-corrected chi connectivity index (χ0v) is 9.61. The molecule has 0 unspecified atom stereocenters. The van der Waals surface area contributed by atoms with E-state index in [2.05, 4.69) is 21.9 Å². The van der Waals surface area contributed by atoms with Crippen molar-refractivity contribution in [3.8, 4) is 0 Å². The molecule has 1 aliphatic heterocycles. The molecule has 4 heteroatoms. The fourth-order valence-electron chi connectivity index (χ4n) is 1.63. The topological polar surface area (TPSA) is 12.5 Å². The predicted molar refractivity (Wildman–Crippen MR) is 47.2 cm³/mol. The molecule has 0 aromatic carbocycles. The summed E-state index contributed by atoms with van der Waals surface area (Å²) < 4.78 is 19.9. The summed E-state index contributed by atoms with van der Waals surface area (Å²) in [5.41, 5.74) is -1.09. The van der Waals surface area contributed by atoms with Gasteiger partial charge in [-0.1, -0.05) is 0 Å². The van der Waals surface area contributed by atoms with Gasteiger partial charge >= 0.3 is 87.6 Å². The third kappa shape index (κ3) is 3.17. The first-order chi connectivity index (χ1) is 6.07. The molecule has 1 aliphatic rings. The van der Waals surface area contributed by atoms with E-state index in [1.165, 1.54) is 4.35 Å². The van der Waals surface area contributed by atoms with E-state index in [9.17, 15) is 4.39 Å². The third-order valence-electron chi connectivity index (χ3n) is 2.52. The van der Waals surface area contributed by atoms with Gasteiger partial charge in [-0.25, -0.2) is 0 Å². The van der Waals surface area contributed by atoms with Crippen LogP contribution in [0.15, 0.2) is 0 Å². The maximum absolute atomic E-state index is 13.8. The predicted octanol–water partition coefficient (Wildman–Crippen LogP) is 1.13. The van der Waals surface area contributed by atoms with Crippen LogP contribution < -0.4 is 0 Å². The Balaban J connectivity index is 2.41. The van der Waals surface area contributed by atoms with Crippen LogP contribution in [-0.4, -0.2) is 41.7 Å². The van der Waals surface area contributed by atoms with Gasteiger partial charge in [0.1, 0.15) is 0 Å². The molecule has 75 valence electrons. The van der Waals surface area contributed by atoms with E-state index in [0.717, 1.165) is 13.1 Å². The summed E-state index contributed by atoms with van der Waals surface area (Å²) in [6.45, 7) is 3.89. The Morgan fingerprint density at radius 3 is 2.46 bits per heavy atom. The minimum atomic E-state index is -1.09. The van der Waals surface area contributed by atoms with Crippen LogP contribution in [0.2, 0.25) is 0 Å². The Morgan fingerprint density at radius 1 is 1.54 bits per heavy atom. The van der Waals surface area contributed by atoms with E-state index >= 15 is 0 Å². The van der Waals surface area contributed by atoms with E-state index in [-0.39, 0.29) is 6.61 Å². The molecule has 1 saturated heterocycles. The Bertz CT molecular complexity index is 190. The molecule has 13 heavy (non-hydrogen) atoms. The van der Waals surface area contributed by atoms with Gasteiger partial charge in [0.05, 0.1) is 0 Å². The molecule has 0 bridgehead atoms. The van der Waals surface area contributed by atoms with Gasteiger partial charge in [0, 0.05) is 0 Å². The van der Waals surface area contributed by atoms with Gasteiger partial charge in [-0.3, -0.25) is 0 Å². The van der Waals surface area contributed by atoms with Crippen molar-refractivity contribution in [3.05, 3.63) is 0 Å². The van der Waals surface area contributed by atoms with Crippen molar-refractivity contribution in [2.75, 3.05) is 26.8 Å². The van der Waals surface area contributed by atoms with Crippen molar-refractivity contribution in [2.45, 2.75) is 25.4 Å². The quantitative estimate of drug-likeness (QED) is 0.712. The summed E-state index contributed by atoms with van der Waals surface area (Å²) >= 11 is 2.51.